The Hall–Kier alpha value is -2.36. The van der Waals surface area contributed by atoms with Gasteiger partial charge in [0.15, 0.2) is 0 Å². The summed E-state index contributed by atoms with van der Waals surface area (Å²) in [6.45, 7) is 6.75. The summed E-state index contributed by atoms with van der Waals surface area (Å²) in [5, 5.41) is 9.20. The van der Waals surface area contributed by atoms with Gasteiger partial charge in [-0.25, -0.2) is 4.98 Å². The maximum absolute atomic E-state index is 11.0. The van der Waals surface area contributed by atoms with Crippen molar-refractivity contribution in [2.24, 2.45) is 10.2 Å². The van der Waals surface area contributed by atoms with Crippen molar-refractivity contribution in [1.82, 2.24) is 4.98 Å². The lowest BCUT2D eigenvalue weighted by Gasteiger charge is -2.23. The second kappa shape index (κ2) is 8.34. The first-order valence-corrected chi connectivity index (χ1v) is 11.3. The van der Waals surface area contributed by atoms with E-state index in [0.717, 1.165) is 27.2 Å². The van der Waals surface area contributed by atoms with E-state index in [1.807, 2.05) is 56.0 Å². The number of nitrogens with zero attached hydrogens (tertiary/aromatic N) is 4. The van der Waals surface area contributed by atoms with Gasteiger partial charge in [0, 0.05) is 18.8 Å². The van der Waals surface area contributed by atoms with Gasteiger partial charge in [-0.3, -0.25) is 4.55 Å². The van der Waals surface area contributed by atoms with Crippen molar-refractivity contribution in [1.29, 1.82) is 0 Å². The summed E-state index contributed by atoms with van der Waals surface area (Å²) in [5.74, 6) is -0.307. The molecule has 0 unspecified atom stereocenters. The van der Waals surface area contributed by atoms with Gasteiger partial charge >= 0.3 is 0 Å². The highest BCUT2D eigenvalue weighted by Crippen LogP contribution is 2.31. The van der Waals surface area contributed by atoms with Crippen LogP contribution in [0.15, 0.2) is 46.6 Å². The third kappa shape index (κ3) is 5.12. The van der Waals surface area contributed by atoms with Crippen LogP contribution in [0.1, 0.15) is 18.1 Å². The molecule has 3 rings (SSSR count). The van der Waals surface area contributed by atoms with Crippen molar-refractivity contribution in [2.45, 2.75) is 20.8 Å². The first kappa shape index (κ1) is 20.4. The molecule has 2 aromatic carbocycles. The zero-order valence-corrected chi connectivity index (χ0v) is 17.6. The minimum absolute atomic E-state index is 0.223. The van der Waals surface area contributed by atoms with Crippen LogP contribution in [0.3, 0.4) is 0 Å². The van der Waals surface area contributed by atoms with Gasteiger partial charge in [0.25, 0.3) is 10.1 Å². The van der Waals surface area contributed by atoms with E-state index in [2.05, 4.69) is 21.3 Å². The average molecular weight is 419 g/mol. The number of benzene rings is 2. The Morgan fingerprint density at radius 1 is 1.14 bits per heavy atom. The lowest BCUT2D eigenvalue weighted by atomic mass is 10.1. The van der Waals surface area contributed by atoms with Gasteiger partial charge in [-0.2, -0.15) is 8.42 Å². The molecule has 148 valence electrons. The zero-order chi connectivity index (χ0) is 20.3. The van der Waals surface area contributed by atoms with E-state index >= 15 is 0 Å². The maximum atomic E-state index is 11.0. The number of fused-ring (bicyclic) bond motifs is 1. The molecule has 0 bridgehead atoms. The standard InChI is InChI=1S/C19H22N4O3S2/c1-4-23(9-10-28(24,25)26)15-6-8-16(14(3)12-15)21-22-19-20-17-7-5-13(2)11-18(17)27-19/h5-8,11-12H,4,9-10H2,1-3H3,(H,24,25,26). The van der Waals surface area contributed by atoms with Gasteiger partial charge in [0.1, 0.15) is 0 Å². The number of azo groups is 1. The number of anilines is 1. The summed E-state index contributed by atoms with van der Waals surface area (Å²) in [5.41, 5.74) is 4.61. The highest BCUT2D eigenvalue weighted by molar-refractivity contribution is 7.85. The normalized spacial score (nSPS) is 12.1. The van der Waals surface area contributed by atoms with E-state index < -0.39 is 10.1 Å². The van der Waals surface area contributed by atoms with Gasteiger partial charge in [0.2, 0.25) is 5.13 Å². The van der Waals surface area contributed by atoms with Crippen molar-refractivity contribution in [3.8, 4) is 0 Å². The van der Waals surface area contributed by atoms with Crippen LogP contribution in [-0.2, 0) is 10.1 Å². The minimum Gasteiger partial charge on any atom is -0.371 e. The highest BCUT2D eigenvalue weighted by Gasteiger charge is 2.11. The minimum atomic E-state index is -3.99. The Morgan fingerprint density at radius 2 is 1.93 bits per heavy atom. The van der Waals surface area contributed by atoms with E-state index in [1.54, 1.807) is 0 Å². The predicted molar refractivity (Wildman–Crippen MR) is 114 cm³/mol. The van der Waals surface area contributed by atoms with Crippen molar-refractivity contribution >= 4 is 48.2 Å². The third-order valence-electron chi connectivity index (χ3n) is 4.32. The quantitative estimate of drug-likeness (QED) is 0.428. The fourth-order valence-electron chi connectivity index (χ4n) is 2.80. The van der Waals surface area contributed by atoms with E-state index in [9.17, 15) is 8.42 Å². The molecule has 3 aromatic rings. The van der Waals surface area contributed by atoms with Crippen LogP contribution in [-0.4, -0.2) is 36.8 Å². The van der Waals surface area contributed by atoms with E-state index in [-0.39, 0.29) is 12.3 Å². The number of aromatic nitrogens is 1. The molecule has 0 aliphatic carbocycles. The van der Waals surface area contributed by atoms with Crippen molar-refractivity contribution in [3.63, 3.8) is 0 Å². The molecule has 0 saturated carbocycles. The number of rotatable bonds is 7. The Kier molecular flexibility index (Phi) is 6.07. The van der Waals surface area contributed by atoms with E-state index in [0.29, 0.717) is 11.7 Å². The van der Waals surface area contributed by atoms with Crippen molar-refractivity contribution in [3.05, 3.63) is 47.5 Å². The third-order valence-corrected chi connectivity index (χ3v) is 5.92. The first-order valence-electron chi connectivity index (χ1n) is 8.85. The van der Waals surface area contributed by atoms with Crippen LogP contribution >= 0.6 is 11.3 Å². The van der Waals surface area contributed by atoms with Crippen molar-refractivity contribution < 1.29 is 13.0 Å². The molecular weight excluding hydrogens is 396 g/mol. The summed E-state index contributed by atoms with van der Waals surface area (Å²) in [6, 6.07) is 11.7. The molecule has 0 atom stereocenters. The maximum Gasteiger partial charge on any atom is 0.266 e. The molecule has 0 radical (unpaired) electrons. The van der Waals surface area contributed by atoms with Crippen molar-refractivity contribution in [2.75, 3.05) is 23.7 Å². The molecule has 28 heavy (non-hydrogen) atoms. The monoisotopic (exact) mass is 418 g/mol. The lowest BCUT2D eigenvalue weighted by molar-refractivity contribution is 0.482. The van der Waals surface area contributed by atoms with Gasteiger partial charge in [-0.1, -0.05) is 17.4 Å². The van der Waals surface area contributed by atoms with Crippen LogP contribution in [0, 0.1) is 13.8 Å². The molecule has 0 aliphatic rings. The molecule has 0 aliphatic heterocycles. The Morgan fingerprint density at radius 3 is 2.61 bits per heavy atom. The Labute approximate surface area is 168 Å². The fraction of sp³-hybridized carbons (Fsp3) is 0.316. The second-order valence-electron chi connectivity index (χ2n) is 6.50. The molecule has 0 saturated heterocycles. The van der Waals surface area contributed by atoms with Crippen LogP contribution < -0.4 is 4.90 Å². The molecule has 7 nitrogen and oxygen atoms in total. The number of thiazole rings is 1. The molecule has 0 amide bonds. The van der Waals surface area contributed by atoms with E-state index in [4.69, 9.17) is 4.55 Å². The van der Waals surface area contributed by atoms with Crippen LogP contribution in [0.5, 0.6) is 0 Å². The fourth-order valence-corrected chi connectivity index (χ4v) is 4.14. The Balaban J connectivity index is 1.78. The molecule has 1 aromatic heterocycles. The summed E-state index contributed by atoms with van der Waals surface area (Å²) in [6.07, 6.45) is 0. The van der Waals surface area contributed by atoms with Gasteiger partial charge in [0.05, 0.1) is 21.7 Å². The van der Waals surface area contributed by atoms with Gasteiger partial charge < -0.3 is 4.90 Å². The van der Waals surface area contributed by atoms with Gasteiger partial charge in [-0.05, 0) is 62.2 Å². The second-order valence-corrected chi connectivity index (χ2v) is 9.09. The first-order chi connectivity index (χ1) is 13.2. The SMILES string of the molecule is CCN(CCS(=O)(=O)O)c1ccc(N=Nc2nc3ccc(C)cc3s2)c(C)c1. The summed E-state index contributed by atoms with van der Waals surface area (Å²) < 4.78 is 32.1. The van der Waals surface area contributed by atoms with E-state index in [1.165, 1.54) is 16.9 Å². The smallest absolute Gasteiger partial charge is 0.266 e. The highest BCUT2D eigenvalue weighted by atomic mass is 32.2. The molecule has 0 fully saturated rings. The van der Waals surface area contributed by atoms with Gasteiger partial charge in [-0.15, -0.1) is 10.2 Å². The molecule has 1 heterocycles. The lowest BCUT2D eigenvalue weighted by Crippen LogP contribution is -2.28. The predicted octanol–water partition coefficient (Wildman–Crippen LogP) is 5.04. The summed E-state index contributed by atoms with van der Waals surface area (Å²) in [7, 11) is -3.99. The van der Waals surface area contributed by atoms with Crippen LogP contribution in [0.4, 0.5) is 16.5 Å². The van der Waals surface area contributed by atoms with Crippen LogP contribution in [0.2, 0.25) is 0 Å². The zero-order valence-electron chi connectivity index (χ0n) is 16.0. The van der Waals surface area contributed by atoms with Crippen LogP contribution in [0.25, 0.3) is 10.2 Å². The molecule has 9 heteroatoms. The summed E-state index contributed by atoms with van der Waals surface area (Å²) >= 11 is 1.50. The number of aryl methyl sites for hydroxylation is 2. The number of hydrogen-bond acceptors (Lipinski definition) is 7. The Bertz CT molecular complexity index is 1120. The summed E-state index contributed by atoms with van der Waals surface area (Å²) in [4.78, 5) is 6.36. The molecular formula is C19H22N4O3S2. The molecule has 1 N–H and O–H groups in total. The number of hydrogen-bond donors (Lipinski definition) is 1. The average Bonchev–Trinajstić information content (AvgIpc) is 3.02. The topological polar surface area (TPSA) is 95.2 Å². The molecule has 0 spiro atoms. The largest absolute Gasteiger partial charge is 0.371 e.